The standard InChI is InChI=1S/C12H12Br2ClN3/c1-7(2)18-11(6-15)16-17-12(18)9-4-3-8(13)5-10(9)14/h3-5,7H,6H2,1-2H3. The molecule has 0 aliphatic rings. The first-order valence-electron chi connectivity index (χ1n) is 5.49. The van der Waals surface area contributed by atoms with Crippen molar-refractivity contribution in [2.75, 3.05) is 0 Å². The van der Waals surface area contributed by atoms with Gasteiger partial charge in [-0.3, -0.25) is 0 Å². The van der Waals surface area contributed by atoms with E-state index in [1.807, 2.05) is 18.2 Å². The van der Waals surface area contributed by atoms with Gasteiger partial charge in [-0.2, -0.15) is 0 Å². The molecule has 96 valence electrons. The molecule has 0 N–H and O–H groups in total. The van der Waals surface area contributed by atoms with E-state index in [0.717, 1.165) is 26.2 Å². The molecule has 3 nitrogen and oxygen atoms in total. The molecule has 0 aliphatic carbocycles. The van der Waals surface area contributed by atoms with Gasteiger partial charge in [-0.15, -0.1) is 21.8 Å². The van der Waals surface area contributed by atoms with Crippen molar-refractivity contribution in [1.29, 1.82) is 0 Å². The number of alkyl halides is 1. The zero-order chi connectivity index (χ0) is 13.3. The van der Waals surface area contributed by atoms with Crippen LogP contribution >= 0.6 is 43.5 Å². The molecular formula is C12H12Br2ClN3. The van der Waals surface area contributed by atoms with Crippen molar-refractivity contribution >= 4 is 43.5 Å². The van der Waals surface area contributed by atoms with Crippen LogP contribution in [-0.2, 0) is 5.88 Å². The Morgan fingerprint density at radius 3 is 2.56 bits per heavy atom. The van der Waals surface area contributed by atoms with Crippen molar-refractivity contribution in [3.8, 4) is 11.4 Å². The third-order valence-electron chi connectivity index (χ3n) is 2.57. The van der Waals surface area contributed by atoms with E-state index in [-0.39, 0.29) is 6.04 Å². The van der Waals surface area contributed by atoms with Crippen LogP contribution < -0.4 is 0 Å². The Kier molecular flexibility index (Phi) is 4.45. The summed E-state index contributed by atoms with van der Waals surface area (Å²) in [6.45, 7) is 4.19. The molecule has 0 amide bonds. The van der Waals surface area contributed by atoms with Gasteiger partial charge < -0.3 is 4.57 Å². The van der Waals surface area contributed by atoms with E-state index >= 15 is 0 Å². The summed E-state index contributed by atoms with van der Waals surface area (Å²) >= 11 is 12.9. The van der Waals surface area contributed by atoms with Crippen LogP contribution in [0.2, 0.25) is 0 Å². The van der Waals surface area contributed by atoms with Gasteiger partial charge in [0.05, 0.1) is 5.88 Å². The molecule has 2 aromatic rings. The van der Waals surface area contributed by atoms with Gasteiger partial charge in [0.2, 0.25) is 0 Å². The summed E-state index contributed by atoms with van der Waals surface area (Å²) in [6, 6.07) is 6.25. The smallest absolute Gasteiger partial charge is 0.165 e. The molecule has 6 heteroatoms. The highest BCUT2D eigenvalue weighted by molar-refractivity contribution is 9.11. The monoisotopic (exact) mass is 391 g/mol. The molecule has 1 aromatic heterocycles. The number of rotatable bonds is 3. The van der Waals surface area contributed by atoms with Gasteiger partial charge >= 0.3 is 0 Å². The summed E-state index contributed by atoms with van der Waals surface area (Å²) in [6.07, 6.45) is 0. The summed E-state index contributed by atoms with van der Waals surface area (Å²) in [7, 11) is 0. The maximum Gasteiger partial charge on any atom is 0.165 e. The van der Waals surface area contributed by atoms with Crippen LogP contribution in [0, 0.1) is 0 Å². The van der Waals surface area contributed by atoms with Crippen molar-refractivity contribution < 1.29 is 0 Å². The topological polar surface area (TPSA) is 30.7 Å². The Bertz CT molecular complexity index is 566. The predicted octanol–water partition coefficient (Wildman–Crippen LogP) is 4.79. The normalized spacial score (nSPS) is 11.2. The van der Waals surface area contributed by atoms with Crippen molar-refractivity contribution in [3.05, 3.63) is 33.0 Å². The minimum absolute atomic E-state index is 0.263. The summed E-state index contributed by atoms with van der Waals surface area (Å²) in [5, 5.41) is 8.40. The first-order chi connectivity index (χ1) is 8.54. The minimum atomic E-state index is 0.263. The highest BCUT2D eigenvalue weighted by Gasteiger charge is 2.17. The van der Waals surface area contributed by atoms with Crippen molar-refractivity contribution in [3.63, 3.8) is 0 Å². The number of hydrogen-bond donors (Lipinski definition) is 0. The van der Waals surface area contributed by atoms with E-state index in [1.165, 1.54) is 0 Å². The molecule has 0 bridgehead atoms. The van der Waals surface area contributed by atoms with E-state index < -0.39 is 0 Å². The summed E-state index contributed by atoms with van der Waals surface area (Å²) in [4.78, 5) is 0. The Morgan fingerprint density at radius 1 is 1.28 bits per heavy atom. The van der Waals surface area contributed by atoms with Gasteiger partial charge in [0.15, 0.2) is 5.82 Å². The lowest BCUT2D eigenvalue weighted by Gasteiger charge is -2.14. The van der Waals surface area contributed by atoms with Crippen LogP contribution in [0.5, 0.6) is 0 Å². The lowest BCUT2D eigenvalue weighted by Crippen LogP contribution is -2.07. The molecule has 0 saturated carbocycles. The quantitative estimate of drug-likeness (QED) is 0.702. The molecule has 18 heavy (non-hydrogen) atoms. The van der Waals surface area contributed by atoms with E-state index in [0.29, 0.717) is 5.88 Å². The second kappa shape index (κ2) is 5.72. The van der Waals surface area contributed by atoms with Crippen molar-refractivity contribution in [1.82, 2.24) is 14.8 Å². The molecule has 1 aromatic carbocycles. The third kappa shape index (κ3) is 2.63. The van der Waals surface area contributed by atoms with Gasteiger partial charge in [0.1, 0.15) is 5.82 Å². The summed E-state index contributed by atoms with van der Waals surface area (Å²) < 4.78 is 4.06. The zero-order valence-corrected chi connectivity index (χ0v) is 13.9. The van der Waals surface area contributed by atoms with Crippen LogP contribution in [0.3, 0.4) is 0 Å². The molecule has 0 fully saturated rings. The van der Waals surface area contributed by atoms with Gasteiger partial charge in [-0.1, -0.05) is 15.9 Å². The maximum absolute atomic E-state index is 5.90. The summed E-state index contributed by atoms with van der Waals surface area (Å²) in [5.41, 5.74) is 1.01. The van der Waals surface area contributed by atoms with Crippen molar-refractivity contribution in [2.24, 2.45) is 0 Å². The average Bonchev–Trinajstić information content (AvgIpc) is 2.72. The number of aromatic nitrogens is 3. The second-order valence-electron chi connectivity index (χ2n) is 4.16. The fraction of sp³-hybridized carbons (Fsp3) is 0.333. The Hall–Kier alpha value is -0.390. The Morgan fingerprint density at radius 2 is 2.00 bits per heavy atom. The fourth-order valence-corrected chi connectivity index (χ4v) is 3.22. The van der Waals surface area contributed by atoms with E-state index in [4.69, 9.17) is 11.6 Å². The van der Waals surface area contributed by atoms with Gasteiger partial charge in [-0.05, 0) is 48.0 Å². The lowest BCUT2D eigenvalue weighted by molar-refractivity contribution is 0.585. The molecule has 2 rings (SSSR count). The zero-order valence-electron chi connectivity index (χ0n) is 9.99. The average molecular weight is 394 g/mol. The van der Waals surface area contributed by atoms with Crippen LogP contribution in [0.1, 0.15) is 25.7 Å². The Balaban J connectivity index is 2.60. The molecule has 0 unspecified atom stereocenters. The molecule has 0 radical (unpaired) electrons. The minimum Gasteiger partial charge on any atom is -0.307 e. The largest absolute Gasteiger partial charge is 0.307 e. The highest BCUT2D eigenvalue weighted by atomic mass is 79.9. The molecule has 0 aliphatic heterocycles. The van der Waals surface area contributed by atoms with E-state index in [2.05, 4.69) is 60.5 Å². The third-order valence-corrected chi connectivity index (χ3v) is 3.96. The molecule has 1 heterocycles. The first-order valence-corrected chi connectivity index (χ1v) is 7.61. The summed E-state index contributed by atoms with van der Waals surface area (Å²) in [5.74, 6) is 1.98. The number of benzene rings is 1. The first kappa shape index (κ1) is 14.0. The molecular weight excluding hydrogens is 381 g/mol. The van der Waals surface area contributed by atoms with Crippen LogP contribution in [0.4, 0.5) is 0 Å². The van der Waals surface area contributed by atoms with Crippen molar-refractivity contribution in [2.45, 2.75) is 25.8 Å². The molecule has 0 spiro atoms. The second-order valence-corrected chi connectivity index (χ2v) is 6.20. The van der Waals surface area contributed by atoms with Crippen LogP contribution in [0.15, 0.2) is 27.1 Å². The number of halogens is 3. The number of hydrogen-bond acceptors (Lipinski definition) is 2. The maximum atomic E-state index is 5.90. The molecule has 0 saturated heterocycles. The predicted molar refractivity (Wildman–Crippen MR) is 80.8 cm³/mol. The fourth-order valence-electron chi connectivity index (χ4n) is 1.81. The Labute approximate surface area is 128 Å². The van der Waals surface area contributed by atoms with Crippen LogP contribution in [-0.4, -0.2) is 14.8 Å². The van der Waals surface area contributed by atoms with Gasteiger partial charge in [0.25, 0.3) is 0 Å². The number of nitrogens with zero attached hydrogens (tertiary/aromatic N) is 3. The van der Waals surface area contributed by atoms with Gasteiger partial charge in [-0.25, -0.2) is 0 Å². The van der Waals surface area contributed by atoms with E-state index in [9.17, 15) is 0 Å². The lowest BCUT2D eigenvalue weighted by atomic mass is 10.2. The SMILES string of the molecule is CC(C)n1c(CCl)nnc1-c1ccc(Br)cc1Br. The van der Waals surface area contributed by atoms with Gasteiger partial charge in [0, 0.05) is 20.6 Å². The van der Waals surface area contributed by atoms with Crippen LogP contribution in [0.25, 0.3) is 11.4 Å². The molecule has 0 atom stereocenters. The van der Waals surface area contributed by atoms with E-state index in [1.54, 1.807) is 0 Å². The highest BCUT2D eigenvalue weighted by Crippen LogP contribution is 2.31.